The molecule has 1 aliphatic heterocycles. The quantitative estimate of drug-likeness (QED) is 0.264. The minimum atomic E-state index is -0.651. The van der Waals surface area contributed by atoms with Crippen molar-refractivity contribution < 1.29 is 37.8 Å². The number of Topliss-reactive ketones (excluding diaryl/α,β-unsaturated/α-hetero) is 1. The van der Waals surface area contributed by atoms with Crippen molar-refractivity contribution in [3.8, 4) is 5.75 Å². The summed E-state index contributed by atoms with van der Waals surface area (Å²) in [7, 11) is 0. The summed E-state index contributed by atoms with van der Waals surface area (Å²) in [5.41, 5.74) is 0.303. The van der Waals surface area contributed by atoms with E-state index in [-0.39, 0.29) is 40.2 Å². The van der Waals surface area contributed by atoms with Crippen LogP contribution in [0.2, 0.25) is 0 Å². The minimum absolute atomic E-state index is 0.0304. The predicted molar refractivity (Wildman–Crippen MR) is 107 cm³/mol. The predicted octanol–water partition coefficient (Wildman–Crippen LogP) is 2.80. The monoisotopic (exact) mass is 488 g/mol. The van der Waals surface area contributed by atoms with Crippen molar-refractivity contribution in [3.63, 3.8) is 0 Å². The molecule has 31 heavy (non-hydrogen) atoms. The molecule has 2 aromatic rings. The Bertz CT molecular complexity index is 1040. The van der Waals surface area contributed by atoms with Crippen LogP contribution in [0.1, 0.15) is 27.3 Å². The van der Waals surface area contributed by atoms with Crippen molar-refractivity contribution in [1.29, 1.82) is 0 Å². The van der Waals surface area contributed by atoms with Gasteiger partial charge in [0.1, 0.15) is 11.9 Å². The first-order valence-electron chi connectivity index (χ1n) is 9.84. The van der Waals surface area contributed by atoms with E-state index >= 15 is 0 Å². The zero-order valence-corrected chi connectivity index (χ0v) is 17.6. The maximum atomic E-state index is 12.7. The molecule has 9 heteroatoms. The van der Waals surface area contributed by atoms with Crippen molar-refractivity contribution >= 4 is 39.6 Å². The Morgan fingerprint density at radius 2 is 1.87 bits per heavy atom. The van der Waals surface area contributed by atoms with E-state index in [9.17, 15) is 19.2 Å². The number of alkyl halides is 1. The third-order valence-corrected chi connectivity index (χ3v) is 7.45. The first kappa shape index (κ1) is 20.0. The number of hydrogen-bond donors (Lipinski definition) is 0. The molecule has 0 radical (unpaired) electrons. The Labute approximate surface area is 184 Å². The molecule has 2 bridgehead atoms. The summed E-state index contributed by atoms with van der Waals surface area (Å²) in [6.07, 6.45) is 1.93. The van der Waals surface area contributed by atoms with Crippen LogP contribution in [0.25, 0.3) is 0 Å². The lowest BCUT2D eigenvalue weighted by molar-refractivity contribution is -0.154. The first-order chi connectivity index (χ1) is 14.9. The Morgan fingerprint density at radius 3 is 2.58 bits per heavy atom. The number of ether oxygens (including phenoxy) is 3. The molecule has 0 N–H and O–H groups in total. The van der Waals surface area contributed by atoms with Crippen molar-refractivity contribution in [2.75, 3.05) is 6.61 Å². The fourth-order valence-corrected chi connectivity index (χ4v) is 5.92. The van der Waals surface area contributed by atoms with E-state index in [4.69, 9.17) is 18.6 Å². The van der Waals surface area contributed by atoms with Gasteiger partial charge >= 0.3 is 17.9 Å². The van der Waals surface area contributed by atoms with Crippen LogP contribution in [0.5, 0.6) is 5.75 Å². The molecule has 8 nitrogen and oxygen atoms in total. The first-order valence-corrected chi connectivity index (χ1v) is 10.8. The second-order valence-electron chi connectivity index (χ2n) is 7.88. The maximum absolute atomic E-state index is 12.7. The van der Waals surface area contributed by atoms with Crippen molar-refractivity contribution in [3.05, 3.63) is 54.0 Å². The lowest BCUT2D eigenvalue weighted by Crippen LogP contribution is -2.39. The van der Waals surface area contributed by atoms with Gasteiger partial charge in [0.05, 0.1) is 22.9 Å². The van der Waals surface area contributed by atoms with Gasteiger partial charge < -0.3 is 18.6 Å². The largest absolute Gasteiger partial charge is 0.461 e. The van der Waals surface area contributed by atoms with Gasteiger partial charge in [-0.25, -0.2) is 4.79 Å². The molecule has 2 heterocycles. The summed E-state index contributed by atoms with van der Waals surface area (Å²) in [6, 6.07) is 8.94. The second kappa shape index (κ2) is 7.64. The molecule has 1 saturated heterocycles. The fraction of sp³-hybridized carbons (Fsp3) is 0.364. The molecule has 2 saturated carbocycles. The third kappa shape index (κ3) is 3.37. The summed E-state index contributed by atoms with van der Waals surface area (Å²) in [4.78, 5) is 49.0. The van der Waals surface area contributed by atoms with Crippen molar-refractivity contribution in [1.82, 2.24) is 0 Å². The molecule has 2 aliphatic carbocycles. The topological polar surface area (TPSA) is 109 Å². The second-order valence-corrected chi connectivity index (χ2v) is 8.94. The SMILES string of the molecule is O=C(COC(=O)[C@@H]1[C@H]2C[C@H]3[C@H](OC(=O)[C@H]31)[C@@H]2Br)c1ccc(OC(=O)c2ccco2)cc1. The highest BCUT2D eigenvalue weighted by Crippen LogP contribution is 2.60. The van der Waals surface area contributed by atoms with E-state index in [1.54, 1.807) is 6.07 Å². The number of carbonyl (C=O) groups is 4. The van der Waals surface area contributed by atoms with E-state index in [0.29, 0.717) is 5.56 Å². The number of halogens is 1. The highest BCUT2D eigenvalue weighted by Gasteiger charge is 2.68. The van der Waals surface area contributed by atoms with E-state index in [1.165, 1.54) is 36.6 Å². The minimum Gasteiger partial charge on any atom is -0.461 e. The van der Waals surface area contributed by atoms with Crippen LogP contribution in [0, 0.1) is 23.7 Å². The van der Waals surface area contributed by atoms with Gasteiger partial charge in [-0.1, -0.05) is 15.9 Å². The number of benzene rings is 1. The number of furan rings is 1. The van der Waals surface area contributed by atoms with Crippen LogP contribution >= 0.6 is 15.9 Å². The number of hydrogen-bond acceptors (Lipinski definition) is 8. The highest BCUT2D eigenvalue weighted by atomic mass is 79.9. The van der Waals surface area contributed by atoms with Gasteiger partial charge in [0.15, 0.2) is 12.4 Å². The van der Waals surface area contributed by atoms with Crippen LogP contribution < -0.4 is 4.74 Å². The molecule has 0 spiro atoms. The van der Waals surface area contributed by atoms with Crippen LogP contribution in [0.15, 0.2) is 47.1 Å². The van der Waals surface area contributed by atoms with Gasteiger partial charge in [-0.2, -0.15) is 0 Å². The molecule has 1 aromatic carbocycles. The molecular weight excluding hydrogens is 472 g/mol. The Balaban J connectivity index is 1.18. The summed E-state index contributed by atoms with van der Waals surface area (Å²) in [6.45, 7) is -0.434. The van der Waals surface area contributed by atoms with E-state index in [1.807, 2.05) is 0 Å². The van der Waals surface area contributed by atoms with Crippen molar-refractivity contribution in [2.45, 2.75) is 17.4 Å². The zero-order valence-electron chi connectivity index (χ0n) is 16.1. The number of ketones is 1. The highest BCUT2D eigenvalue weighted by molar-refractivity contribution is 9.09. The molecule has 1 aromatic heterocycles. The van der Waals surface area contributed by atoms with Crippen LogP contribution in [-0.2, 0) is 19.1 Å². The molecular formula is C22H17BrO8. The lowest BCUT2D eigenvalue weighted by atomic mass is 9.80. The molecule has 160 valence electrons. The molecule has 3 aliphatic rings. The molecule has 5 rings (SSSR count). The smallest absolute Gasteiger partial charge is 0.379 e. The van der Waals surface area contributed by atoms with E-state index in [0.717, 1.165) is 6.42 Å². The van der Waals surface area contributed by atoms with Gasteiger partial charge in [0.25, 0.3) is 0 Å². The van der Waals surface area contributed by atoms with Gasteiger partial charge in [-0.05, 0) is 48.7 Å². The standard InChI is InChI=1S/C22H17BrO8/c23-18-12-8-13-17(22(27)31-19(13)18)16(12)21(26)29-9-14(24)10-3-5-11(6-4-10)30-20(25)15-2-1-7-28-15/h1-7,12-13,16-19H,8-9H2/t12-,13-,16-,17-,18-,19+/m1/s1. The zero-order chi connectivity index (χ0) is 21.7. The number of esters is 3. The molecule has 0 unspecified atom stereocenters. The Kier molecular flexibility index (Phi) is 4.92. The van der Waals surface area contributed by atoms with E-state index < -0.39 is 36.2 Å². The summed E-state index contributed by atoms with van der Waals surface area (Å²) < 4.78 is 20.8. The van der Waals surface area contributed by atoms with Crippen molar-refractivity contribution in [2.24, 2.45) is 23.7 Å². The number of rotatable bonds is 6. The molecule has 0 amide bonds. The van der Waals surface area contributed by atoms with Crippen LogP contribution in [0.4, 0.5) is 0 Å². The average Bonchev–Trinajstić information content (AvgIpc) is 3.52. The summed E-state index contributed by atoms with van der Waals surface area (Å²) >= 11 is 3.54. The Morgan fingerprint density at radius 1 is 1.10 bits per heavy atom. The molecule has 6 atom stereocenters. The van der Waals surface area contributed by atoms with Gasteiger partial charge in [0, 0.05) is 11.5 Å². The summed E-state index contributed by atoms with van der Waals surface area (Å²) in [5.74, 6) is -2.70. The normalized spacial score (nSPS) is 30.2. The lowest BCUT2D eigenvalue weighted by Gasteiger charge is -2.26. The van der Waals surface area contributed by atoms with Gasteiger partial charge in [0.2, 0.25) is 5.76 Å². The average molecular weight is 489 g/mol. The van der Waals surface area contributed by atoms with Gasteiger partial charge in [-0.15, -0.1) is 0 Å². The van der Waals surface area contributed by atoms with Crippen LogP contribution in [-0.4, -0.2) is 41.2 Å². The summed E-state index contributed by atoms with van der Waals surface area (Å²) in [5, 5.41) is 0. The van der Waals surface area contributed by atoms with Gasteiger partial charge in [-0.3, -0.25) is 14.4 Å². The van der Waals surface area contributed by atoms with E-state index in [2.05, 4.69) is 15.9 Å². The maximum Gasteiger partial charge on any atom is 0.379 e. The molecule has 3 fully saturated rings. The third-order valence-electron chi connectivity index (χ3n) is 6.25. The Hall–Kier alpha value is -2.94. The van der Waals surface area contributed by atoms with Crippen LogP contribution in [0.3, 0.4) is 0 Å². The number of fused-ring (bicyclic) bond motifs is 1. The number of carbonyl (C=O) groups excluding carboxylic acids is 4. The fourth-order valence-electron chi connectivity index (χ4n) is 4.87.